The lowest BCUT2D eigenvalue weighted by atomic mass is 10.2. The molecule has 1 aliphatic rings. The predicted octanol–water partition coefficient (Wildman–Crippen LogP) is 1.65. The molecule has 1 rings (SSSR count). The van der Waals surface area contributed by atoms with Crippen LogP contribution in [0.4, 0.5) is 0 Å². The topological polar surface area (TPSA) is 33.0 Å². The third-order valence-corrected chi connectivity index (χ3v) is 3.75. The van der Waals surface area contributed by atoms with Gasteiger partial charge in [0.05, 0.1) is 15.6 Å². The summed E-state index contributed by atoms with van der Waals surface area (Å²) in [5.74, 6) is 0. The summed E-state index contributed by atoms with van der Waals surface area (Å²) in [4.78, 5) is 0. The van der Waals surface area contributed by atoms with Gasteiger partial charge in [0.1, 0.15) is 0 Å². The zero-order chi connectivity index (χ0) is 9.23. The average molecular weight is 185 g/mol. The first-order valence-corrected chi connectivity index (χ1v) is 6.59. The van der Waals surface area contributed by atoms with Gasteiger partial charge in [-0.1, -0.05) is 13.0 Å². The first kappa shape index (κ1) is 11.7. The second kappa shape index (κ2) is 8.76. The number of ether oxygens (including phenoxy) is 1. The second-order valence-corrected chi connectivity index (χ2v) is 5.49. The monoisotopic (exact) mass is 185 g/mol. The molecule has 0 bridgehead atoms. The van der Waals surface area contributed by atoms with Crippen LogP contribution in [0.3, 0.4) is 0 Å². The van der Waals surface area contributed by atoms with Gasteiger partial charge in [-0.15, -0.1) is 0 Å². The van der Waals surface area contributed by atoms with Gasteiger partial charge < -0.3 is 4.74 Å². The molecule has 3 heteroatoms. The van der Waals surface area contributed by atoms with Gasteiger partial charge >= 0.3 is 0 Å². The maximum absolute atomic E-state index is 7.32. The highest BCUT2D eigenvalue weighted by Gasteiger charge is 2.11. The Morgan fingerprint density at radius 2 is 2.25 bits per heavy atom. The lowest BCUT2D eigenvalue weighted by Gasteiger charge is -2.21. The van der Waals surface area contributed by atoms with Crippen LogP contribution < -0.4 is 0 Å². The predicted molar refractivity (Wildman–Crippen MR) is 53.9 cm³/mol. The Kier molecular flexibility index (Phi) is 8.52. The summed E-state index contributed by atoms with van der Waals surface area (Å²) in [6.07, 6.45) is 4.08. The van der Waals surface area contributed by atoms with Crippen LogP contribution in [-0.4, -0.2) is 21.9 Å². The molecular weight excluding hydrogens is 166 g/mol. The van der Waals surface area contributed by atoms with Crippen molar-refractivity contribution in [3.05, 3.63) is 0 Å². The van der Waals surface area contributed by atoms with Crippen molar-refractivity contribution in [2.45, 2.75) is 44.9 Å². The first-order valence-electron chi connectivity index (χ1n) is 4.77. The maximum atomic E-state index is 7.32. The van der Waals surface area contributed by atoms with Crippen LogP contribution >= 0.6 is 0 Å². The van der Waals surface area contributed by atoms with Crippen molar-refractivity contribution in [2.24, 2.45) is 0 Å². The van der Waals surface area contributed by atoms with Crippen LogP contribution in [0, 0.1) is 11.3 Å². The molecule has 0 radical (unpaired) electrons. The zero-order valence-electron chi connectivity index (χ0n) is 8.18. The number of nitrogens with zero attached hydrogens (tertiary/aromatic N) is 1. The fourth-order valence-electron chi connectivity index (χ4n) is 1.36. The molecule has 12 heavy (non-hydrogen) atoms. The van der Waals surface area contributed by atoms with Crippen LogP contribution in [0.25, 0.3) is 0 Å². The minimum atomic E-state index is 0.154. The van der Waals surface area contributed by atoms with E-state index in [1.54, 1.807) is 6.07 Å². The van der Waals surface area contributed by atoms with E-state index in [1.807, 2.05) is 0 Å². The zero-order valence-corrected chi connectivity index (χ0v) is 9.59. The summed E-state index contributed by atoms with van der Waals surface area (Å²) >= 11 is 0. The van der Waals surface area contributed by atoms with Gasteiger partial charge in [-0.2, -0.15) is 5.26 Å². The minimum absolute atomic E-state index is 0.154. The van der Waals surface area contributed by atoms with Crippen molar-refractivity contribution in [1.82, 2.24) is 0 Å². The lowest BCUT2D eigenvalue weighted by Crippen LogP contribution is -2.24. The molecule has 1 heterocycles. The van der Waals surface area contributed by atoms with E-state index in [-0.39, 0.29) is 9.52 Å². The Bertz CT molecular complexity index is 124. The highest BCUT2D eigenvalue weighted by molar-refractivity contribution is 6.37. The molecular formula is C9H19NOSi. The van der Waals surface area contributed by atoms with Crippen molar-refractivity contribution in [3.8, 4) is 6.07 Å². The second-order valence-electron chi connectivity index (χ2n) is 3.00. The van der Waals surface area contributed by atoms with Gasteiger partial charge in [0.15, 0.2) is 0 Å². The van der Waals surface area contributed by atoms with Gasteiger partial charge in [-0.25, -0.2) is 0 Å². The van der Waals surface area contributed by atoms with E-state index >= 15 is 0 Å². The molecule has 2 nitrogen and oxygen atoms in total. The molecule has 0 saturated carbocycles. The Morgan fingerprint density at radius 3 is 2.67 bits per heavy atom. The Labute approximate surface area is 77.7 Å². The van der Waals surface area contributed by atoms with Gasteiger partial charge in [-0.3, -0.25) is 0 Å². The van der Waals surface area contributed by atoms with E-state index in [4.69, 9.17) is 10.00 Å². The smallest absolute Gasteiger partial charge is 0.0587 e. The molecule has 0 aromatic rings. The van der Waals surface area contributed by atoms with E-state index in [0.717, 1.165) is 12.3 Å². The average Bonchev–Trinajstić information content (AvgIpc) is 2.08. The van der Waals surface area contributed by atoms with E-state index in [9.17, 15) is 0 Å². The van der Waals surface area contributed by atoms with E-state index in [1.165, 1.54) is 32.2 Å². The van der Waals surface area contributed by atoms with Crippen LogP contribution in [0.15, 0.2) is 0 Å². The molecule has 1 unspecified atom stereocenters. The molecule has 0 amide bonds. The number of hydrogen-bond donors (Lipinski definition) is 0. The molecule has 1 saturated heterocycles. The highest BCUT2D eigenvalue weighted by atomic mass is 28.2. The van der Waals surface area contributed by atoms with Gasteiger partial charge in [0.2, 0.25) is 0 Å². The van der Waals surface area contributed by atoms with E-state index < -0.39 is 0 Å². The fourth-order valence-corrected chi connectivity index (χ4v) is 2.91. The Morgan fingerprint density at radius 1 is 1.58 bits per heavy atom. The fraction of sp³-hybridized carbons (Fsp3) is 0.889. The third-order valence-electron chi connectivity index (χ3n) is 1.88. The van der Waals surface area contributed by atoms with Crippen molar-refractivity contribution >= 4 is 9.52 Å². The van der Waals surface area contributed by atoms with E-state index in [2.05, 4.69) is 6.92 Å². The molecule has 0 aromatic heterocycles. The van der Waals surface area contributed by atoms with E-state index in [0.29, 0.717) is 0 Å². The SMILES string of the molecule is CC#N.CC[SiH2]C1CCCCO1. The van der Waals surface area contributed by atoms with Crippen molar-refractivity contribution < 1.29 is 4.74 Å². The normalized spacial score (nSPS) is 22.9. The van der Waals surface area contributed by atoms with Gasteiger partial charge in [-0.05, 0) is 19.3 Å². The summed E-state index contributed by atoms with van der Waals surface area (Å²) in [6.45, 7) is 4.75. The quantitative estimate of drug-likeness (QED) is 0.613. The summed E-state index contributed by atoms with van der Waals surface area (Å²) < 4.78 is 5.58. The van der Waals surface area contributed by atoms with Gasteiger partial charge in [0, 0.05) is 19.3 Å². The van der Waals surface area contributed by atoms with Crippen LogP contribution in [0.5, 0.6) is 0 Å². The third kappa shape index (κ3) is 6.38. The molecule has 1 atom stereocenters. The summed E-state index contributed by atoms with van der Waals surface area (Å²) in [6, 6.07) is 3.16. The van der Waals surface area contributed by atoms with Crippen molar-refractivity contribution in [2.75, 3.05) is 6.61 Å². The largest absolute Gasteiger partial charge is 0.382 e. The van der Waals surface area contributed by atoms with Crippen LogP contribution in [0.2, 0.25) is 6.04 Å². The molecule has 0 aliphatic carbocycles. The van der Waals surface area contributed by atoms with Crippen LogP contribution in [-0.2, 0) is 4.74 Å². The lowest BCUT2D eigenvalue weighted by molar-refractivity contribution is 0.0651. The Hall–Kier alpha value is -0.333. The van der Waals surface area contributed by atoms with Gasteiger partial charge in [0.25, 0.3) is 0 Å². The molecule has 1 fully saturated rings. The summed E-state index contributed by atoms with van der Waals surface area (Å²) in [5, 5.41) is 7.32. The molecule has 0 aromatic carbocycles. The summed E-state index contributed by atoms with van der Waals surface area (Å²) in [5.41, 5.74) is 0.740. The van der Waals surface area contributed by atoms with Crippen molar-refractivity contribution in [3.63, 3.8) is 0 Å². The number of hydrogen-bond acceptors (Lipinski definition) is 2. The molecule has 1 aliphatic heterocycles. The number of nitriles is 1. The minimum Gasteiger partial charge on any atom is -0.382 e. The standard InChI is InChI=1S/C7H16OSi.C2H3N/c1-2-9-7-5-3-4-6-8-7;1-2-3/h7H,2-6,9H2,1H3;1H3. The number of rotatable bonds is 2. The maximum Gasteiger partial charge on any atom is 0.0587 e. The molecule has 70 valence electrons. The molecule has 0 N–H and O–H groups in total. The highest BCUT2D eigenvalue weighted by Crippen LogP contribution is 2.11. The first-order chi connectivity index (χ1) is 5.85. The molecule has 0 spiro atoms. The summed E-state index contributed by atoms with van der Waals surface area (Å²) in [7, 11) is 0.154. The van der Waals surface area contributed by atoms with Crippen molar-refractivity contribution in [1.29, 1.82) is 5.26 Å². The Balaban J connectivity index is 0.000000354. The van der Waals surface area contributed by atoms with Crippen LogP contribution in [0.1, 0.15) is 33.1 Å².